The Morgan fingerprint density at radius 1 is 1.39 bits per heavy atom. The number of aromatic nitrogens is 1. The van der Waals surface area contributed by atoms with Crippen LogP contribution in [0, 0.1) is 11.3 Å². The second kappa shape index (κ2) is 4.25. The first-order valence-electron chi connectivity index (χ1n) is 6.66. The zero-order chi connectivity index (χ0) is 12.6. The molecular weight excluding hydrogens is 224 g/mol. The number of nitrogens with two attached hydrogens (primary N) is 1. The summed E-state index contributed by atoms with van der Waals surface area (Å²) in [5, 5.41) is 12.5. The van der Waals surface area contributed by atoms with Crippen LogP contribution in [0.5, 0.6) is 0 Å². The first-order chi connectivity index (χ1) is 8.70. The smallest absolute Gasteiger partial charge is 0.144 e. The first kappa shape index (κ1) is 11.5. The van der Waals surface area contributed by atoms with Crippen LogP contribution >= 0.6 is 0 Å². The number of pyridine rings is 1. The molecule has 18 heavy (non-hydrogen) atoms. The summed E-state index contributed by atoms with van der Waals surface area (Å²) in [6.45, 7) is 0.716. The van der Waals surface area contributed by atoms with Crippen LogP contribution < -0.4 is 11.1 Å². The molecule has 0 aromatic carbocycles. The predicted molar refractivity (Wildman–Crippen MR) is 70.2 cm³/mol. The van der Waals surface area contributed by atoms with Gasteiger partial charge in [-0.15, -0.1) is 0 Å². The van der Waals surface area contributed by atoms with Gasteiger partial charge in [-0.05, 0) is 50.2 Å². The summed E-state index contributed by atoms with van der Waals surface area (Å²) < 4.78 is 0. The van der Waals surface area contributed by atoms with Gasteiger partial charge in [-0.1, -0.05) is 0 Å². The number of rotatable bonds is 3. The molecule has 2 aliphatic carbocycles. The Kier molecular flexibility index (Phi) is 2.71. The van der Waals surface area contributed by atoms with E-state index in [1.807, 2.05) is 6.07 Å². The fourth-order valence-electron chi connectivity index (χ4n) is 2.76. The molecule has 3 N–H and O–H groups in total. The largest absolute Gasteiger partial charge is 0.367 e. The molecule has 0 radical (unpaired) electrons. The molecule has 0 unspecified atom stereocenters. The Morgan fingerprint density at radius 3 is 2.89 bits per heavy atom. The predicted octanol–water partition coefficient (Wildman–Crippen LogP) is 1.74. The maximum atomic E-state index is 9.19. The molecule has 2 aliphatic rings. The molecule has 94 valence electrons. The average molecular weight is 242 g/mol. The van der Waals surface area contributed by atoms with Gasteiger partial charge in [0.1, 0.15) is 11.9 Å². The van der Waals surface area contributed by atoms with Crippen LogP contribution in [0.3, 0.4) is 0 Å². The van der Waals surface area contributed by atoms with Gasteiger partial charge >= 0.3 is 0 Å². The van der Waals surface area contributed by atoms with Crippen molar-refractivity contribution in [3.63, 3.8) is 0 Å². The van der Waals surface area contributed by atoms with Gasteiger partial charge in [0.2, 0.25) is 0 Å². The molecule has 0 amide bonds. The first-order valence-corrected chi connectivity index (χ1v) is 6.66. The lowest BCUT2D eigenvalue weighted by atomic mass is 9.78. The Labute approximate surface area is 107 Å². The molecule has 0 aliphatic heterocycles. The normalized spacial score (nSPS) is 19.8. The van der Waals surface area contributed by atoms with E-state index < -0.39 is 0 Å². The van der Waals surface area contributed by atoms with Crippen LogP contribution in [0.4, 0.5) is 5.82 Å². The van der Waals surface area contributed by atoms with Crippen molar-refractivity contribution in [2.75, 3.05) is 11.9 Å². The van der Waals surface area contributed by atoms with Crippen LogP contribution in [0.2, 0.25) is 0 Å². The average Bonchev–Trinajstić information content (AvgIpc) is 2.79. The van der Waals surface area contributed by atoms with Gasteiger partial charge in [-0.2, -0.15) is 5.26 Å². The third-order valence-electron chi connectivity index (χ3n) is 4.13. The monoisotopic (exact) mass is 242 g/mol. The number of nitriles is 1. The highest BCUT2D eigenvalue weighted by Gasteiger charge is 2.32. The fourth-order valence-corrected chi connectivity index (χ4v) is 2.76. The van der Waals surface area contributed by atoms with Crippen LogP contribution in [0.25, 0.3) is 0 Å². The quantitative estimate of drug-likeness (QED) is 0.846. The molecule has 3 rings (SSSR count). The van der Waals surface area contributed by atoms with Crippen molar-refractivity contribution < 1.29 is 0 Å². The Morgan fingerprint density at radius 2 is 2.22 bits per heavy atom. The molecular formula is C14H18N4. The molecule has 1 aromatic heterocycles. The highest BCUT2D eigenvalue weighted by atomic mass is 15.0. The van der Waals surface area contributed by atoms with Crippen molar-refractivity contribution in [3.05, 3.63) is 22.9 Å². The molecule has 0 atom stereocenters. The van der Waals surface area contributed by atoms with Gasteiger partial charge in [0.25, 0.3) is 0 Å². The molecule has 1 saturated carbocycles. The zero-order valence-electron chi connectivity index (χ0n) is 10.5. The van der Waals surface area contributed by atoms with E-state index in [0.717, 1.165) is 43.6 Å². The van der Waals surface area contributed by atoms with E-state index >= 15 is 0 Å². The third kappa shape index (κ3) is 1.95. The molecule has 1 fully saturated rings. The van der Waals surface area contributed by atoms with Gasteiger partial charge in [-0.3, -0.25) is 0 Å². The van der Waals surface area contributed by atoms with E-state index in [2.05, 4.69) is 16.4 Å². The summed E-state index contributed by atoms with van der Waals surface area (Å²) in [6, 6.07) is 4.22. The Bertz CT molecular complexity index is 511. The number of fused-ring (bicyclic) bond motifs is 1. The van der Waals surface area contributed by atoms with Crippen LogP contribution in [-0.2, 0) is 12.8 Å². The Hall–Kier alpha value is -1.60. The fraction of sp³-hybridized carbons (Fsp3) is 0.571. The van der Waals surface area contributed by atoms with Gasteiger partial charge in [0.15, 0.2) is 0 Å². The minimum absolute atomic E-state index is 0.0899. The third-order valence-corrected chi connectivity index (χ3v) is 4.13. The Balaban J connectivity index is 1.80. The van der Waals surface area contributed by atoms with Crippen LogP contribution in [0.1, 0.15) is 42.5 Å². The van der Waals surface area contributed by atoms with Gasteiger partial charge < -0.3 is 11.1 Å². The van der Waals surface area contributed by atoms with Crippen molar-refractivity contribution in [3.8, 4) is 6.07 Å². The minimum Gasteiger partial charge on any atom is -0.367 e. The summed E-state index contributed by atoms with van der Waals surface area (Å²) >= 11 is 0. The molecule has 0 spiro atoms. The topological polar surface area (TPSA) is 74.7 Å². The second-order valence-electron chi connectivity index (χ2n) is 5.53. The molecule has 4 nitrogen and oxygen atoms in total. The lowest BCUT2D eigenvalue weighted by molar-refractivity contribution is 0.265. The summed E-state index contributed by atoms with van der Waals surface area (Å²) in [7, 11) is 0. The van der Waals surface area contributed by atoms with Crippen molar-refractivity contribution in [2.45, 2.75) is 44.1 Å². The molecule has 1 aromatic rings. The van der Waals surface area contributed by atoms with E-state index in [-0.39, 0.29) is 5.54 Å². The van der Waals surface area contributed by atoms with E-state index in [9.17, 15) is 5.26 Å². The zero-order valence-corrected chi connectivity index (χ0v) is 10.5. The number of hydrogen-bond acceptors (Lipinski definition) is 4. The van der Waals surface area contributed by atoms with Gasteiger partial charge in [-0.25, -0.2) is 4.98 Å². The highest BCUT2D eigenvalue weighted by molar-refractivity contribution is 5.55. The summed E-state index contributed by atoms with van der Waals surface area (Å²) in [5.41, 5.74) is 9.13. The second-order valence-corrected chi connectivity index (χ2v) is 5.53. The minimum atomic E-state index is -0.0899. The van der Waals surface area contributed by atoms with E-state index in [4.69, 9.17) is 5.73 Å². The molecule has 0 bridgehead atoms. The molecule has 4 heteroatoms. The number of nitrogens with one attached hydrogen (secondary N) is 1. The number of anilines is 1. The van der Waals surface area contributed by atoms with Crippen molar-refractivity contribution in [1.29, 1.82) is 5.26 Å². The number of nitrogens with zero attached hydrogens (tertiary/aromatic N) is 2. The molecule has 1 heterocycles. The van der Waals surface area contributed by atoms with Crippen LogP contribution in [0.15, 0.2) is 6.07 Å². The van der Waals surface area contributed by atoms with Gasteiger partial charge in [0, 0.05) is 17.8 Å². The summed E-state index contributed by atoms with van der Waals surface area (Å²) in [4.78, 5) is 4.60. The van der Waals surface area contributed by atoms with E-state index in [1.54, 1.807) is 0 Å². The number of aryl methyl sites for hydroxylation is 2. The summed E-state index contributed by atoms with van der Waals surface area (Å²) in [6.07, 6.45) is 6.57. The number of hydrogen-bond donors (Lipinski definition) is 2. The maximum absolute atomic E-state index is 9.19. The van der Waals surface area contributed by atoms with Crippen molar-refractivity contribution in [1.82, 2.24) is 4.98 Å². The van der Waals surface area contributed by atoms with Gasteiger partial charge in [0.05, 0.1) is 5.56 Å². The van der Waals surface area contributed by atoms with Crippen molar-refractivity contribution >= 4 is 5.82 Å². The lowest BCUT2D eigenvalue weighted by Gasteiger charge is -2.38. The van der Waals surface area contributed by atoms with E-state index in [1.165, 1.54) is 12.0 Å². The van der Waals surface area contributed by atoms with Crippen LogP contribution in [-0.4, -0.2) is 17.1 Å². The maximum Gasteiger partial charge on any atom is 0.144 e. The molecule has 0 saturated heterocycles. The van der Waals surface area contributed by atoms with Crippen molar-refractivity contribution in [2.24, 2.45) is 5.73 Å². The lowest BCUT2D eigenvalue weighted by Crippen LogP contribution is -2.52. The standard InChI is InChI=1S/C14H18N4/c15-8-11-7-10-3-1-4-12(10)18-13(11)17-9-14(16)5-2-6-14/h7H,1-6,9,16H2,(H,17,18). The highest BCUT2D eigenvalue weighted by Crippen LogP contribution is 2.30. The summed E-state index contributed by atoms with van der Waals surface area (Å²) in [5.74, 6) is 0.717. The SMILES string of the molecule is N#Cc1cc2c(nc1NCC1(N)CCC1)CCC2. The van der Waals surface area contributed by atoms with E-state index in [0.29, 0.717) is 12.1 Å².